The van der Waals surface area contributed by atoms with Crippen LogP contribution in [0.25, 0.3) is 0 Å². The highest BCUT2D eigenvalue weighted by Gasteiger charge is 2.51. The van der Waals surface area contributed by atoms with Crippen LogP contribution in [0.4, 0.5) is 5.69 Å². The zero-order valence-electron chi connectivity index (χ0n) is 17.8. The van der Waals surface area contributed by atoms with Crippen LogP contribution in [0.2, 0.25) is 5.02 Å². The molecule has 0 aromatic heterocycles. The number of carbonyl (C=O) groups excluding carboxylic acids is 2. The summed E-state index contributed by atoms with van der Waals surface area (Å²) in [5.74, 6) is -0.471. The quantitative estimate of drug-likeness (QED) is 0.398. The van der Waals surface area contributed by atoms with Gasteiger partial charge in [-0.1, -0.05) is 83.8 Å². The Morgan fingerprint density at radius 1 is 1.09 bits per heavy atom. The van der Waals surface area contributed by atoms with Crippen LogP contribution in [-0.2, 0) is 16.9 Å². The minimum absolute atomic E-state index is 0.201. The van der Waals surface area contributed by atoms with Gasteiger partial charge in [0.1, 0.15) is 0 Å². The highest BCUT2D eigenvalue weighted by atomic mass is 79.9. The van der Waals surface area contributed by atoms with Crippen molar-refractivity contribution in [2.24, 2.45) is 0 Å². The normalized spacial score (nSPS) is 17.7. The molecule has 1 N–H and O–H groups in total. The molecule has 1 aliphatic heterocycles. The Hall–Kier alpha value is -2.47. The zero-order chi connectivity index (χ0) is 23.0. The number of halogens is 2. The van der Waals surface area contributed by atoms with Crippen LogP contribution in [0, 0.1) is 0 Å². The lowest BCUT2D eigenvalue weighted by Gasteiger charge is -2.23. The number of aliphatic hydroxyl groups is 1. The molecule has 1 atom stereocenters. The van der Waals surface area contributed by atoms with E-state index in [0.29, 0.717) is 27.8 Å². The van der Waals surface area contributed by atoms with Crippen molar-refractivity contribution in [2.75, 3.05) is 4.90 Å². The molecule has 1 heterocycles. The summed E-state index contributed by atoms with van der Waals surface area (Å²) >= 11 is 9.73. The lowest BCUT2D eigenvalue weighted by Crippen LogP contribution is -2.41. The van der Waals surface area contributed by atoms with Gasteiger partial charge in [0, 0.05) is 20.6 Å². The van der Waals surface area contributed by atoms with E-state index in [1.165, 1.54) is 4.90 Å². The van der Waals surface area contributed by atoms with E-state index in [2.05, 4.69) is 29.8 Å². The van der Waals surface area contributed by atoms with Crippen molar-refractivity contribution < 1.29 is 14.7 Å². The molecule has 0 fully saturated rings. The third-order valence-corrected chi connectivity index (χ3v) is 6.76. The van der Waals surface area contributed by atoms with E-state index in [1.807, 2.05) is 36.4 Å². The molecule has 1 amide bonds. The van der Waals surface area contributed by atoms with Crippen molar-refractivity contribution in [3.05, 3.63) is 98.5 Å². The number of hydrogen-bond donors (Lipinski definition) is 1. The van der Waals surface area contributed by atoms with Gasteiger partial charge in [0.25, 0.3) is 5.91 Å². The lowest BCUT2D eigenvalue weighted by atomic mass is 9.87. The number of amides is 1. The SMILES string of the molecule is CC(C)c1ccc(C(=O)C[C@]2(O)C(=O)N(Cc3ccccc3Cl)c3ccc(Br)cc32)cc1. The molecule has 0 saturated heterocycles. The fourth-order valence-electron chi connectivity index (χ4n) is 4.04. The molecule has 0 radical (unpaired) electrons. The highest BCUT2D eigenvalue weighted by Crippen LogP contribution is 2.45. The van der Waals surface area contributed by atoms with E-state index in [9.17, 15) is 14.7 Å². The van der Waals surface area contributed by atoms with Gasteiger partial charge in [-0.25, -0.2) is 0 Å². The van der Waals surface area contributed by atoms with Gasteiger partial charge in [0.15, 0.2) is 11.4 Å². The van der Waals surface area contributed by atoms with E-state index in [0.717, 1.165) is 15.6 Å². The Morgan fingerprint density at radius 3 is 2.44 bits per heavy atom. The number of anilines is 1. The number of rotatable bonds is 6. The molecule has 164 valence electrons. The maximum Gasteiger partial charge on any atom is 0.264 e. The van der Waals surface area contributed by atoms with Crippen LogP contribution in [-0.4, -0.2) is 16.8 Å². The zero-order valence-corrected chi connectivity index (χ0v) is 20.2. The Balaban J connectivity index is 1.68. The first-order chi connectivity index (χ1) is 15.2. The Kier molecular flexibility index (Phi) is 6.26. The van der Waals surface area contributed by atoms with Gasteiger partial charge in [-0.15, -0.1) is 0 Å². The Labute approximate surface area is 201 Å². The summed E-state index contributed by atoms with van der Waals surface area (Å²) in [6.45, 7) is 4.37. The second-order valence-corrected chi connectivity index (χ2v) is 9.70. The molecule has 3 aromatic rings. The molecule has 0 unspecified atom stereocenters. The first kappa shape index (κ1) is 22.7. The molecule has 0 saturated carbocycles. The van der Waals surface area contributed by atoms with Crippen LogP contribution in [0.3, 0.4) is 0 Å². The number of ketones is 1. The summed E-state index contributed by atoms with van der Waals surface area (Å²) < 4.78 is 0.718. The van der Waals surface area contributed by atoms with Crippen molar-refractivity contribution in [3.8, 4) is 0 Å². The number of carbonyl (C=O) groups is 2. The highest BCUT2D eigenvalue weighted by molar-refractivity contribution is 9.10. The first-order valence-electron chi connectivity index (χ1n) is 10.4. The average Bonchev–Trinajstić information content (AvgIpc) is 2.96. The predicted octanol–water partition coefficient (Wildman–Crippen LogP) is 6.23. The molecule has 4 nitrogen and oxygen atoms in total. The number of benzene rings is 3. The standard InChI is InChI=1S/C26H23BrClNO3/c1-16(2)17-7-9-18(10-8-17)24(30)14-26(32)21-13-20(27)11-12-23(21)29(25(26)31)15-19-5-3-4-6-22(19)28/h3-13,16,32H,14-15H2,1-2H3/t26-/m1/s1. The molecule has 3 aromatic carbocycles. The topological polar surface area (TPSA) is 57.6 Å². The summed E-state index contributed by atoms with van der Waals surface area (Å²) in [6.07, 6.45) is -0.338. The molecular formula is C26H23BrClNO3. The average molecular weight is 513 g/mol. The summed E-state index contributed by atoms with van der Waals surface area (Å²) in [5.41, 5.74) is 1.39. The van der Waals surface area contributed by atoms with E-state index >= 15 is 0 Å². The van der Waals surface area contributed by atoms with Crippen molar-refractivity contribution in [3.63, 3.8) is 0 Å². The van der Waals surface area contributed by atoms with Gasteiger partial charge in [-0.2, -0.15) is 0 Å². The molecular weight excluding hydrogens is 490 g/mol. The Bertz CT molecular complexity index is 1190. The minimum Gasteiger partial charge on any atom is -0.375 e. The second kappa shape index (κ2) is 8.81. The maximum absolute atomic E-state index is 13.5. The summed E-state index contributed by atoms with van der Waals surface area (Å²) in [6, 6.07) is 19.9. The van der Waals surface area contributed by atoms with E-state index in [-0.39, 0.29) is 18.7 Å². The van der Waals surface area contributed by atoms with Gasteiger partial charge in [-0.05, 0) is 41.3 Å². The summed E-state index contributed by atoms with van der Waals surface area (Å²) in [4.78, 5) is 28.1. The second-order valence-electron chi connectivity index (χ2n) is 8.38. The summed E-state index contributed by atoms with van der Waals surface area (Å²) in [5, 5.41) is 12.1. The number of Topliss-reactive ketones (excluding diaryl/α,β-unsaturated/α-hetero) is 1. The molecule has 0 spiro atoms. The monoisotopic (exact) mass is 511 g/mol. The fourth-order valence-corrected chi connectivity index (χ4v) is 4.59. The van der Waals surface area contributed by atoms with Crippen LogP contribution in [0.15, 0.2) is 71.2 Å². The van der Waals surface area contributed by atoms with Gasteiger partial charge in [0.2, 0.25) is 0 Å². The van der Waals surface area contributed by atoms with Gasteiger partial charge < -0.3 is 10.0 Å². The van der Waals surface area contributed by atoms with Crippen LogP contribution in [0.1, 0.15) is 53.2 Å². The minimum atomic E-state index is -1.95. The fraction of sp³-hybridized carbons (Fsp3) is 0.231. The molecule has 0 bridgehead atoms. The number of hydrogen-bond acceptors (Lipinski definition) is 3. The smallest absolute Gasteiger partial charge is 0.264 e. The predicted molar refractivity (Wildman–Crippen MR) is 130 cm³/mol. The van der Waals surface area contributed by atoms with Crippen LogP contribution in [0.5, 0.6) is 0 Å². The van der Waals surface area contributed by atoms with E-state index < -0.39 is 11.5 Å². The third kappa shape index (κ3) is 4.13. The van der Waals surface area contributed by atoms with Crippen molar-refractivity contribution in [1.29, 1.82) is 0 Å². The van der Waals surface area contributed by atoms with Gasteiger partial charge in [0.05, 0.1) is 18.7 Å². The molecule has 1 aliphatic rings. The summed E-state index contributed by atoms with van der Waals surface area (Å²) in [7, 11) is 0. The number of fused-ring (bicyclic) bond motifs is 1. The maximum atomic E-state index is 13.5. The first-order valence-corrected chi connectivity index (χ1v) is 11.6. The van der Waals surface area contributed by atoms with Crippen molar-refractivity contribution in [1.82, 2.24) is 0 Å². The molecule has 4 rings (SSSR count). The largest absolute Gasteiger partial charge is 0.375 e. The van der Waals surface area contributed by atoms with Gasteiger partial charge >= 0.3 is 0 Å². The molecule has 6 heteroatoms. The Morgan fingerprint density at radius 2 is 1.78 bits per heavy atom. The van der Waals surface area contributed by atoms with Gasteiger partial charge in [-0.3, -0.25) is 9.59 Å². The lowest BCUT2D eigenvalue weighted by molar-refractivity contribution is -0.136. The van der Waals surface area contributed by atoms with Crippen molar-refractivity contribution in [2.45, 2.75) is 38.3 Å². The van der Waals surface area contributed by atoms with E-state index in [4.69, 9.17) is 11.6 Å². The van der Waals surface area contributed by atoms with Crippen molar-refractivity contribution >= 4 is 44.9 Å². The van der Waals surface area contributed by atoms with Crippen LogP contribution >= 0.6 is 27.5 Å². The van der Waals surface area contributed by atoms with E-state index in [1.54, 1.807) is 30.3 Å². The molecule has 0 aliphatic carbocycles. The van der Waals surface area contributed by atoms with Crippen LogP contribution < -0.4 is 4.90 Å². The number of nitrogens with zero attached hydrogens (tertiary/aromatic N) is 1. The molecule has 32 heavy (non-hydrogen) atoms. The third-order valence-electron chi connectivity index (χ3n) is 5.90.